The van der Waals surface area contributed by atoms with Gasteiger partial charge in [-0.25, -0.2) is 8.42 Å². The van der Waals surface area contributed by atoms with Crippen LogP contribution in [0.15, 0.2) is 23.1 Å². The lowest BCUT2D eigenvalue weighted by Crippen LogP contribution is -2.17. The summed E-state index contributed by atoms with van der Waals surface area (Å²) in [4.78, 5) is -0.458. The van der Waals surface area contributed by atoms with Crippen molar-refractivity contribution in [3.8, 4) is 6.07 Å². The second-order valence-corrected chi connectivity index (χ2v) is 6.70. The molecule has 0 aliphatic carbocycles. The number of hydrogen-bond donors (Lipinski definition) is 0. The minimum absolute atomic E-state index is 0.0850. The summed E-state index contributed by atoms with van der Waals surface area (Å²) in [6.07, 6.45) is -4.78. The van der Waals surface area contributed by atoms with E-state index in [4.69, 9.17) is 16.9 Å². The summed E-state index contributed by atoms with van der Waals surface area (Å²) in [7, 11) is -3.87. The summed E-state index contributed by atoms with van der Waals surface area (Å²) in [5.74, 6) is -0.645. The highest BCUT2D eigenvalue weighted by Gasteiger charge is 2.35. The summed E-state index contributed by atoms with van der Waals surface area (Å²) in [6, 6.07) is 3.76. The fraction of sp³-hybridized carbons (Fsp3) is 0.417. The lowest BCUT2D eigenvalue weighted by Gasteiger charge is -2.12. The van der Waals surface area contributed by atoms with Crippen molar-refractivity contribution in [1.29, 1.82) is 5.26 Å². The first-order valence-electron chi connectivity index (χ1n) is 5.52. The molecule has 1 aromatic rings. The Hall–Kier alpha value is -1.26. The molecular formula is C12H11ClF3NO2S. The van der Waals surface area contributed by atoms with Crippen LogP contribution in [0.3, 0.4) is 0 Å². The summed E-state index contributed by atoms with van der Waals surface area (Å²) in [6.45, 7) is 1.58. The molecule has 0 bridgehead atoms. The first-order chi connectivity index (χ1) is 9.11. The number of rotatable bonds is 4. The average Bonchev–Trinajstić information content (AvgIpc) is 2.36. The molecule has 8 heteroatoms. The SMILES string of the molecule is CC(CCl)CS(=O)(=O)c1ccc(C#N)c(C(F)(F)F)c1. The van der Waals surface area contributed by atoms with Crippen molar-refractivity contribution >= 4 is 21.4 Å². The molecule has 1 rings (SSSR count). The minimum Gasteiger partial charge on any atom is -0.224 e. The van der Waals surface area contributed by atoms with Gasteiger partial charge < -0.3 is 0 Å². The van der Waals surface area contributed by atoms with E-state index in [-0.39, 0.29) is 17.6 Å². The summed E-state index contributed by atoms with van der Waals surface area (Å²) >= 11 is 5.51. The summed E-state index contributed by atoms with van der Waals surface area (Å²) < 4.78 is 62.2. The van der Waals surface area contributed by atoms with Gasteiger partial charge >= 0.3 is 6.18 Å². The number of nitriles is 1. The van der Waals surface area contributed by atoms with Gasteiger partial charge in [-0.3, -0.25) is 0 Å². The van der Waals surface area contributed by atoms with Gasteiger partial charge in [0.15, 0.2) is 9.84 Å². The molecule has 0 radical (unpaired) electrons. The van der Waals surface area contributed by atoms with Crippen LogP contribution in [0.25, 0.3) is 0 Å². The maximum absolute atomic E-state index is 12.8. The van der Waals surface area contributed by atoms with E-state index in [2.05, 4.69) is 0 Å². The molecule has 1 atom stereocenters. The lowest BCUT2D eigenvalue weighted by molar-refractivity contribution is -0.137. The predicted molar refractivity (Wildman–Crippen MR) is 68.1 cm³/mol. The summed E-state index contributed by atoms with van der Waals surface area (Å²) in [5.41, 5.74) is -1.86. The number of halogens is 4. The average molecular weight is 326 g/mol. The van der Waals surface area contributed by atoms with Crippen LogP contribution >= 0.6 is 11.6 Å². The second kappa shape index (κ2) is 6.02. The van der Waals surface area contributed by atoms with Gasteiger partial charge in [0.25, 0.3) is 0 Å². The standard InChI is InChI=1S/C12H11ClF3NO2S/c1-8(5-13)7-20(18,19)10-3-2-9(6-17)11(4-10)12(14,15)16/h2-4,8H,5,7H2,1H3. The van der Waals surface area contributed by atoms with Crippen LogP contribution in [-0.2, 0) is 16.0 Å². The zero-order valence-electron chi connectivity index (χ0n) is 10.4. The smallest absolute Gasteiger partial charge is 0.224 e. The molecule has 0 N–H and O–H groups in total. The topological polar surface area (TPSA) is 57.9 Å². The Morgan fingerprint density at radius 2 is 2.00 bits per heavy atom. The van der Waals surface area contributed by atoms with Crippen LogP contribution in [0.1, 0.15) is 18.1 Å². The third-order valence-electron chi connectivity index (χ3n) is 2.54. The summed E-state index contributed by atoms with van der Waals surface area (Å²) in [5, 5.41) is 8.64. The van der Waals surface area contributed by atoms with Crippen LogP contribution < -0.4 is 0 Å². The molecule has 3 nitrogen and oxygen atoms in total. The number of hydrogen-bond acceptors (Lipinski definition) is 3. The minimum atomic E-state index is -4.78. The molecule has 0 amide bonds. The highest BCUT2D eigenvalue weighted by atomic mass is 35.5. The predicted octanol–water partition coefficient (Wildman–Crippen LogP) is 3.23. The Kier molecular flexibility index (Phi) is 5.05. The molecule has 20 heavy (non-hydrogen) atoms. The Morgan fingerprint density at radius 3 is 2.45 bits per heavy atom. The Labute approximate surface area is 119 Å². The van der Waals surface area contributed by atoms with Gasteiger partial charge in [0.1, 0.15) is 0 Å². The van der Waals surface area contributed by atoms with Gasteiger partial charge in [0.05, 0.1) is 27.8 Å². The highest BCUT2D eigenvalue weighted by molar-refractivity contribution is 7.91. The van der Waals surface area contributed by atoms with Gasteiger partial charge in [0, 0.05) is 5.88 Å². The van der Waals surface area contributed by atoms with Crippen molar-refractivity contribution in [3.05, 3.63) is 29.3 Å². The van der Waals surface area contributed by atoms with Gasteiger partial charge in [-0.1, -0.05) is 6.92 Å². The van der Waals surface area contributed by atoms with E-state index in [9.17, 15) is 21.6 Å². The van der Waals surface area contributed by atoms with E-state index in [0.29, 0.717) is 6.07 Å². The lowest BCUT2D eigenvalue weighted by atomic mass is 10.1. The fourth-order valence-corrected chi connectivity index (χ4v) is 3.43. The van der Waals surface area contributed by atoms with Gasteiger partial charge in [-0.05, 0) is 24.1 Å². The largest absolute Gasteiger partial charge is 0.417 e. The maximum Gasteiger partial charge on any atom is 0.417 e. The van der Waals surface area contributed by atoms with Crippen LogP contribution in [-0.4, -0.2) is 20.1 Å². The van der Waals surface area contributed by atoms with E-state index in [1.165, 1.54) is 6.07 Å². The van der Waals surface area contributed by atoms with Crippen LogP contribution in [0.5, 0.6) is 0 Å². The molecule has 0 spiro atoms. The number of nitrogens with zero attached hydrogens (tertiary/aromatic N) is 1. The zero-order chi connectivity index (χ0) is 15.6. The molecule has 0 aliphatic rings. The molecule has 0 aliphatic heterocycles. The van der Waals surface area contributed by atoms with E-state index >= 15 is 0 Å². The Bertz CT molecular complexity index is 635. The van der Waals surface area contributed by atoms with Crippen LogP contribution in [0.4, 0.5) is 13.2 Å². The van der Waals surface area contributed by atoms with E-state index in [1.54, 1.807) is 6.92 Å². The monoisotopic (exact) mass is 325 g/mol. The van der Waals surface area contributed by atoms with Crippen molar-refractivity contribution in [2.75, 3.05) is 11.6 Å². The van der Waals surface area contributed by atoms with E-state index < -0.39 is 32.0 Å². The molecule has 0 saturated carbocycles. The fourth-order valence-electron chi connectivity index (χ4n) is 1.56. The van der Waals surface area contributed by atoms with Crippen molar-refractivity contribution < 1.29 is 21.6 Å². The second-order valence-electron chi connectivity index (χ2n) is 4.36. The van der Waals surface area contributed by atoms with Gasteiger partial charge in [-0.2, -0.15) is 18.4 Å². The third kappa shape index (κ3) is 3.87. The third-order valence-corrected chi connectivity index (χ3v) is 5.05. The van der Waals surface area contributed by atoms with Crippen molar-refractivity contribution in [2.45, 2.75) is 18.0 Å². The molecule has 0 aromatic heterocycles. The molecule has 1 aromatic carbocycles. The maximum atomic E-state index is 12.8. The van der Waals surface area contributed by atoms with Crippen molar-refractivity contribution in [1.82, 2.24) is 0 Å². The first kappa shape index (κ1) is 16.8. The first-order valence-corrected chi connectivity index (χ1v) is 7.70. The number of sulfone groups is 1. The molecular weight excluding hydrogens is 315 g/mol. The quantitative estimate of drug-likeness (QED) is 0.799. The molecule has 0 heterocycles. The van der Waals surface area contributed by atoms with Crippen LogP contribution in [0, 0.1) is 17.2 Å². The van der Waals surface area contributed by atoms with Gasteiger partial charge in [-0.15, -0.1) is 11.6 Å². The van der Waals surface area contributed by atoms with Crippen molar-refractivity contribution in [2.24, 2.45) is 5.92 Å². The van der Waals surface area contributed by atoms with E-state index in [0.717, 1.165) is 12.1 Å². The Balaban J connectivity index is 3.33. The molecule has 0 fully saturated rings. The van der Waals surface area contributed by atoms with E-state index in [1.807, 2.05) is 0 Å². The van der Waals surface area contributed by atoms with Crippen LogP contribution in [0.2, 0.25) is 0 Å². The Morgan fingerprint density at radius 1 is 1.40 bits per heavy atom. The van der Waals surface area contributed by atoms with Crippen molar-refractivity contribution in [3.63, 3.8) is 0 Å². The zero-order valence-corrected chi connectivity index (χ0v) is 12.0. The normalized spacial score (nSPS) is 13.8. The highest BCUT2D eigenvalue weighted by Crippen LogP contribution is 2.33. The molecule has 0 saturated heterocycles. The molecule has 1 unspecified atom stereocenters. The van der Waals surface area contributed by atoms with Gasteiger partial charge in [0.2, 0.25) is 0 Å². The number of benzene rings is 1. The number of alkyl halides is 4. The molecule has 110 valence electrons.